The van der Waals surface area contributed by atoms with Crippen molar-refractivity contribution < 1.29 is 0 Å². The summed E-state index contributed by atoms with van der Waals surface area (Å²) < 4.78 is 0. The van der Waals surface area contributed by atoms with Crippen molar-refractivity contribution in [3.05, 3.63) is 0 Å². The molecule has 1 heterocycles. The predicted octanol–water partition coefficient (Wildman–Crippen LogP) is 1.86. The molecule has 0 saturated carbocycles. The van der Waals surface area contributed by atoms with Crippen molar-refractivity contribution >= 4 is 0 Å². The lowest BCUT2D eigenvalue weighted by molar-refractivity contribution is 0.305. The van der Waals surface area contributed by atoms with Crippen LogP contribution in [0, 0.1) is 0 Å². The molecule has 2 heteroatoms. The smallest absolute Gasteiger partial charge is 0.0212 e. The number of likely N-dealkylation sites (tertiary alicyclic amines) is 1. The first-order valence-electron chi connectivity index (χ1n) is 5.50. The van der Waals surface area contributed by atoms with Crippen molar-refractivity contribution in [3.63, 3.8) is 0 Å². The summed E-state index contributed by atoms with van der Waals surface area (Å²) >= 11 is 0. The Kier molecular flexibility index (Phi) is 3.74. The van der Waals surface area contributed by atoms with E-state index in [1.807, 2.05) is 0 Å². The average Bonchev–Trinajstić information content (AvgIpc) is 2.34. The zero-order valence-corrected chi connectivity index (χ0v) is 9.56. The van der Waals surface area contributed by atoms with E-state index in [1.165, 1.54) is 32.4 Å². The Bertz CT molecular complexity index is 154. The van der Waals surface area contributed by atoms with Gasteiger partial charge in [0.25, 0.3) is 0 Å². The number of rotatable bonds is 4. The van der Waals surface area contributed by atoms with Gasteiger partial charge in [-0.2, -0.15) is 0 Å². The molecule has 0 aromatic heterocycles. The number of likely N-dealkylation sites (N-methyl/N-ethyl adjacent to an activating group) is 1. The van der Waals surface area contributed by atoms with Crippen LogP contribution in [0.25, 0.3) is 0 Å². The van der Waals surface area contributed by atoms with Gasteiger partial charge in [0.15, 0.2) is 0 Å². The topological polar surface area (TPSA) is 15.3 Å². The van der Waals surface area contributed by atoms with Crippen LogP contribution in [-0.2, 0) is 0 Å². The number of hydrogen-bond donors (Lipinski definition) is 1. The van der Waals surface area contributed by atoms with Gasteiger partial charge in [-0.15, -0.1) is 0 Å². The van der Waals surface area contributed by atoms with Crippen molar-refractivity contribution in [1.82, 2.24) is 10.2 Å². The molecule has 1 aliphatic heterocycles. The highest BCUT2D eigenvalue weighted by molar-refractivity contribution is 4.86. The van der Waals surface area contributed by atoms with Crippen LogP contribution in [0.2, 0.25) is 0 Å². The van der Waals surface area contributed by atoms with E-state index in [2.05, 4.69) is 38.0 Å². The van der Waals surface area contributed by atoms with Crippen molar-refractivity contribution in [2.45, 2.75) is 51.6 Å². The van der Waals surface area contributed by atoms with Crippen molar-refractivity contribution in [2.24, 2.45) is 0 Å². The minimum atomic E-state index is 0.324. The second-order valence-electron chi connectivity index (χ2n) is 5.03. The molecule has 1 aliphatic rings. The molecule has 0 radical (unpaired) electrons. The van der Waals surface area contributed by atoms with E-state index >= 15 is 0 Å². The van der Waals surface area contributed by atoms with E-state index in [4.69, 9.17) is 0 Å². The van der Waals surface area contributed by atoms with E-state index < -0.39 is 0 Å². The Morgan fingerprint density at radius 1 is 1.46 bits per heavy atom. The molecule has 2 nitrogen and oxygen atoms in total. The maximum absolute atomic E-state index is 3.74. The molecule has 1 atom stereocenters. The summed E-state index contributed by atoms with van der Waals surface area (Å²) in [4.78, 5) is 2.40. The molecular weight excluding hydrogens is 160 g/mol. The maximum atomic E-state index is 3.74. The first-order chi connectivity index (χ1) is 6.03. The molecule has 1 unspecified atom stereocenters. The van der Waals surface area contributed by atoms with Crippen LogP contribution in [0.1, 0.15) is 40.0 Å². The lowest BCUT2D eigenvalue weighted by Crippen LogP contribution is -2.46. The summed E-state index contributed by atoms with van der Waals surface area (Å²) in [7, 11) is 2.20. The van der Waals surface area contributed by atoms with E-state index in [1.54, 1.807) is 0 Å². The second-order valence-corrected chi connectivity index (χ2v) is 5.03. The fraction of sp³-hybridized carbons (Fsp3) is 1.00. The van der Waals surface area contributed by atoms with Gasteiger partial charge in [-0.25, -0.2) is 0 Å². The molecule has 1 N–H and O–H groups in total. The Morgan fingerprint density at radius 2 is 2.15 bits per heavy atom. The van der Waals surface area contributed by atoms with Gasteiger partial charge in [-0.3, -0.25) is 0 Å². The Hall–Kier alpha value is -0.0800. The molecule has 0 aromatic carbocycles. The van der Waals surface area contributed by atoms with Crippen LogP contribution in [0.4, 0.5) is 0 Å². The molecule has 78 valence electrons. The maximum Gasteiger partial charge on any atom is 0.0212 e. The van der Waals surface area contributed by atoms with Crippen LogP contribution in [0.15, 0.2) is 0 Å². The SMILES string of the molecule is CCCC(C)(C)NC1CCN(C)C1. The lowest BCUT2D eigenvalue weighted by Gasteiger charge is -2.29. The van der Waals surface area contributed by atoms with Gasteiger partial charge in [0, 0.05) is 18.1 Å². The second kappa shape index (κ2) is 4.43. The summed E-state index contributed by atoms with van der Waals surface area (Å²) in [6.07, 6.45) is 3.85. The van der Waals surface area contributed by atoms with Crippen LogP contribution in [0.5, 0.6) is 0 Å². The molecule has 0 amide bonds. The molecule has 0 spiro atoms. The van der Waals surface area contributed by atoms with Crippen LogP contribution in [0.3, 0.4) is 0 Å². The van der Waals surface area contributed by atoms with Gasteiger partial charge in [-0.05, 0) is 40.3 Å². The molecule has 1 fully saturated rings. The average molecular weight is 184 g/mol. The summed E-state index contributed by atoms with van der Waals surface area (Å²) in [6.45, 7) is 9.35. The third-order valence-corrected chi connectivity index (χ3v) is 2.86. The summed E-state index contributed by atoms with van der Waals surface area (Å²) in [6, 6.07) is 0.714. The van der Waals surface area contributed by atoms with Gasteiger partial charge in [0.05, 0.1) is 0 Å². The largest absolute Gasteiger partial charge is 0.308 e. The van der Waals surface area contributed by atoms with E-state index in [9.17, 15) is 0 Å². The standard InChI is InChI=1S/C11H24N2/c1-5-7-11(2,3)12-10-6-8-13(4)9-10/h10,12H,5-9H2,1-4H3. The first-order valence-corrected chi connectivity index (χ1v) is 5.50. The lowest BCUT2D eigenvalue weighted by atomic mass is 9.97. The van der Waals surface area contributed by atoms with Gasteiger partial charge < -0.3 is 10.2 Å². The fourth-order valence-electron chi connectivity index (χ4n) is 2.30. The number of nitrogens with zero attached hydrogens (tertiary/aromatic N) is 1. The highest BCUT2D eigenvalue weighted by Crippen LogP contribution is 2.15. The van der Waals surface area contributed by atoms with E-state index in [-0.39, 0.29) is 0 Å². The van der Waals surface area contributed by atoms with Gasteiger partial charge >= 0.3 is 0 Å². The number of nitrogens with one attached hydrogen (secondary N) is 1. The van der Waals surface area contributed by atoms with Crippen LogP contribution in [-0.4, -0.2) is 36.6 Å². The van der Waals surface area contributed by atoms with Gasteiger partial charge in [0.1, 0.15) is 0 Å². The molecular formula is C11H24N2. The van der Waals surface area contributed by atoms with Crippen LogP contribution >= 0.6 is 0 Å². The summed E-state index contributed by atoms with van der Waals surface area (Å²) in [5, 5.41) is 3.74. The van der Waals surface area contributed by atoms with Gasteiger partial charge in [-0.1, -0.05) is 13.3 Å². The Balaban J connectivity index is 2.30. The zero-order valence-electron chi connectivity index (χ0n) is 9.56. The molecule has 1 saturated heterocycles. The highest BCUT2D eigenvalue weighted by atomic mass is 15.2. The molecule has 1 rings (SSSR count). The van der Waals surface area contributed by atoms with Crippen LogP contribution < -0.4 is 5.32 Å². The van der Waals surface area contributed by atoms with E-state index in [0.29, 0.717) is 11.6 Å². The van der Waals surface area contributed by atoms with Crippen molar-refractivity contribution in [2.75, 3.05) is 20.1 Å². The zero-order chi connectivity index (χ0) is 9.90. The quantitative estimate of drug-likeness (QED) is 0.717. The third kappa shape index (κ3) is 3.65. The molecule has 0 aromatic rings. The summed E-state index contributed by atoms with van der Waals surface area (Å²) in [5.41, 5.74) is 0.324. The summed E-state index contributed by atoms with van der Waals surface area (Å²) in [5.74, 6) is 0. The third-order valence-electron chi connectivity index (χ3n) is 2.86. The van der Waals surface area contributed by atoms with Crippen molar-refractivity contribution in [1.29, 1.82) is 0 Å². The Labute approximate surface area is 82.7 Å². The predicted molar refractivity (Wildman–Crippen MR) is 58.0 cm³/mol. The number of hydrogen-bond acceptors (Lipinski definition) is 2. The molecule has 13 heavy (non-hydrogen) atoms. The van der Waals surface area contributed by atoms with E-state index in [0.717, 1.165) is 0 Å². The molecule has 0 aliphatic carbocycles. The Morgan fingerprint density at radius 3 is 2.62 bits per heavy atom. The first kappa shape index (κ1) is 11.0. The minimum Gasteiger partial charge on any atom is -0.308 e. The fourth-order valence-corrected chi connectivity index (χ4v) is 2.30. The molecule has 0 bridgehead atoms. The normalized spacial score (nSPS) is 25.4. The highest BCUT2D eigenvalue weighted by Gasteiger charge is 2.25. The minimum absolute atomic E-state index is 0.324. The van der Waals surface area contributed by atoms with Gasteiger partial charge in [0.2, 0.25) is 0 Å². The van der Waals surface area contributed by atoms with Crippen molar-refractivity contribution in [3.8, 4) is 0 Å². The monoisotopic (exact) mass is 184 g/mol.